The summed E-state index contributed by atoms with van der Waals surface area (Å²) >= 11 is 6.24. The second-order valence-electron chi connectivity index (χ2n) is 6.93. The standard InChI is InChI=1S/C16H22ClN3O5S/c1-26(21,22)16(3-7-23-8-4-16)13-12-14(19-15(17)18-13)20-5-9-24-10-11(20)2-6-25-12/h11H,2-10H2,1H3. The van der Waals surface area contributed by atoms with Crippen LogP contribution in [0.25, 0.3) is 0 Å². The molecule has 2 fully saturated rings. The van der Waals surface area contributed by atoms with Crippen molar-refractivity contribution in [2.24, 2.45) is 0 Å². The summed E-state index contributed by atoms with van der Waals surface area (Å²) in [6.07, 6.45) is 2.65. The van der Waals surface area contributed by atoms with Crippen LogP contribution in [-0.2, 0) is 24.1 Å². The Kier molecular flexibility index (Phi) is 4.75. The van der Waals surface area contributed by atoms with Crippen molar-refractivity contribution in [3.8, 4) is 5.75 Å². The van der Waals surface area contributed by atoms with Crippen LogP contribution in [0.3, 0.4) is 0 Å². The van der Waals surface area contributed by atoms with Gasteiger partial charge in [-0.25, -0.2) is 13.4 Å². The highest BCUT2D eigenvalue weighted by Gasteiger charge is 2.49. The van der Waals surface area contributed by atoms with Crippen LogP contribution in [0.2, 0.25) is 5.28 Å². The molecule has 1 aromatic rings. The van der Waals surface area contributed by atoms with Gasteiger partial charge < -0.3 is 19.1 Å². The average Bonchev–Trinajstić information content (AvgIpc) is 2.80. The number of hydrogen-bond acceptors (Lipinski definition) is 8. The fraction of sp³-hybridized carbons (Fsp3) is 0.750. The molecule has 0 aliphatic carbocycles. The molecule has 4 heterocycles. The zero-order chi connectivity index (χ0) is 18.4. The van der Waals surface area contributed by atoms with E-state index in [1.54, 1.807) is 0 Å². The number of anilines is 1. The van der Waals surface area contributed by atoms with Gasteiger partial charge >= 0.3 is 0 Å². The van der Waals surface area contributed by atoms with Gasteiger partial charge in [0.05, 0.1) is 25.9 Å². The zero-order valence-electron chi connectivity index (χ0n) is 14.6. The maximum absolute atomic E-state index is 12.8. The number of nitrogens with zero attached hydrogens (tertiary/aromatic N) is 3. The Morgan fingerprint density at radius 1 is 1.15 bits per heavy atom. The van der Waals surface area contributed by atoms with Crippen molar-refractivity contribution in [3.05, 3.63) is 11.0 Å². The van der Waals surface area contributed by atoms with Crippen LogP contribution in [0.1, 0.15) is 25.0 Å². The Bertz CT molecular complexity index is 797. The summed E-state index contributed by atoms with van der Waals surface area (Å²) < 4.78 is 41.5. The minimum Gasteiger partial charge on any atom is -0.488 e. The molecule has 1 unspecified atom stereocenters. The molecule has 144 valence electrons. The van der Waals surface area contributed by atoms with E-state index in [1.165, 1.54) is 6.26 Å². The van der Waals surface area contributed by atoms with E-state index in [4.69, 9.17) is 25.8 Å². The van der Waals surface area contributed by atoms with E-state index >= 15 is 0 Å². The zero-order valence-corrected chi connectivity index (χ0v) is 16.2. The van der Waals surface area contributed by atoms with Gasteiger partial charge in [-0.05, 0) is 24.4 Å². The third kappa shape index (κ3) is 2.94. The average molecular weight is 404 g/mol. The predicted octanol–water partition coefficient (Wildman–Crippen LogP) is 1.17. The van der Waals surface area contributed by atoms with Gasteiger partial charge in [-0.1, -0.05) is 0 Å². The summed E-state index contributed by atoms with van der Waals surface area (Å²) in [7, 11) is -3.48. The van der Waals surface area contributed by atoms with Gasteiger partial charge in [-0.15, -0.1) is 0 Å². The van der Waals surface area contributed by atoms with Gasteiger partial charge in [-0.2, -0.15) is 4.98 Å². The second kappa shape index (κ2) is 6.78. The largest absolute Gasteiger partial charge is 0.488 e. The lowest BCUT2D eigenvalue weighted by Gasteiger charge is -2.38. The maximum atomic E-state index is 12.8. The minimum absolute atomic E-state index is 0.0315. The number of ether oxygens (including phenoxy) is 3. The Morgan fingerprint density at radius 3 is 2.65 bits per heavy atom. The molecular weight excluding hydrogens is 382 g/mol. The molecule has 0 amide bonds. The smallest absolute Gasteiger partial charge is 0.224 e. The summed E-state index contributed by atoms with van der Waals surface area (Å²) in [5.41, 5.74) is 0.366. The Balaban J connectivity index is 1.91. The first-order chi connectivity index (χ1) is 12.4. The van der Waals surface area contributed by atoms with Crippen LogP contribution < -0.4 is 9.64 Å². The fourth-order valence-electron chi connectivity index (χ4n) is 4.00. The minimum atomic E-state index is -3.48. The molecular formula is C16H22ClN3O5S. The van der Waals surface area contributed by atoms with Crippen molar-refractivity contribution in [1.82, 2.24) is 9.97 Å². The van der Waals surface area contributed by atoms with Crippen molar-refractivity contribution in [3.63, 3.8) is 0 Å². The monoisotopic (exact) mass is 403 g/mol. The first-order valence-electron chi connectivity index (χ1n) is 8.75. The van der Waals surface area contributed by atoms with E-state index in [0.717, 1.165) is 6.42 Å². The number of fused-ring (bicyclic) bond motifs is 3. The molecule has 2 saturated heterocycles. The highest BCUT2D eigenvalue weighted by atomic mass is 35.5. The molecule has 1 aromatic heterocycles. The molecule has 0 bridgehead atoms. The van der Waals surface area contributed by atoms with Crippen LogP contribution in [-0.4, -0.2) is 70.3 Å². The maximum Gasteiger partial charge on any atom is 0.224 e. The van der Waals surface area contributed by atoms with Crippen molar-refractivity contribution in [2.75, 3.05) is 50.7 Å². The number of morpholine rings is 1. The Hall–Kier alpha value is -1.16. The molecule has 0 saturated carbocycles. The summed E-state index contributed by atoms with van der Waals surface area (Å²) in [6.45, 7) is 2.98. The molecule has 0 aromatic carbocycles. The Labute approximate surface area is 157 Å². The van der Waals surface area contributed by atoms with Crippen molar-refractivity contribution >= 4 is 27.3 Å². The topological polar surface area (TPSA) is 90.9 Å². The van der Waals surface area contributed by atoms with Gasteiger partial charge in [0.15, 0.2) is 21.4 Å². The molecule has 26 heavy (non-hydrogen) atoms. The van der Waals surface area contributed by atoms with Crippen LogP contribution >= 0.6 is 11.6 Å². The van der Waals surface area contributed by atoms with E-state index in [0.29, 0.717) is 69.7 Å². The highest BCUT2D eigenvalue weighted by molar-refractivity contribution is 7.91. The molecule has 0 N–H and O–H groups in total. The number of sulfone groups is 1. The van der Waals surface area contributed by atoms with Gasteiger partial charge in [0.1, 0.15) is 10.4 Å². The van der Waals surface area contributed by atoms with E-state index < -0.39 is 14.6 Å². The van der Waals surface area contributed by atoms with E-state index in [-0.39, 0.29) is 11.3 Å². The quantitative estimate of drug-likeness (QED) is 0.679. The van der Waals surface area contributed by atoms with Gasteiger partial charge in [0.25, 0.3) is 0 Å². The van der Waals surface area contributed by atoms with Gasteiger partial charge in [0.2, 0.25) is 5.28 Å². The predicted molar refractivity (Wildman–Crippen MR) is 95.7 cm³/mol. The summed E-state index contributed by atoms with van der Waals surface area (Å²) in [5, 5.41) is 0.0315. The van der Waals surface area contributed by atoms with Crippen LogP contribution in [0.5, 0.6) is 5.75 Å². The van der Waals surface area contributed by atoms with Gasteiger partial charge in [-0.3, -0.25) is 0 Å². The molecule has 0 radical (unpaired) electrons. The first kappa shape index (κ1) is 18.2. The lowest BCUT2D eigenvalue weighted by Crippen LogP contribution is -2.46. The van der Waals surface area contributed by atoms with Crippen LogP contribution in [0.4, 0.5) is 5.82 Å². The number of hydrogen-bond donors (Lipinski definition) is 0. The Morgan fingerprint density at radius 2 is 1.92 bits per heavy atom. The third-order valence-electron chi connectivity index (χ3n) is 5.46. The second-order valence-corrected chi connectivity index (χ2v) is 9.60. The first-order valence-corrected chi connectivity index (χ1v) is 11.0. The number of aromatic nitrogens is 2. The normalized spacial score (nSPS) is 25.6. The summed E-state index contributed by atoms with van der Waals surface area (Å²) in [5.74, 6) is 1.01. The van der Waals surface area contributed by atoms with E-state index in [2.05, 4.69) is 14.9 Å². The van der Waals surface area contributed by atoms with Crippen molar-refractivity contribution in [2.45, 2.75) is 30.1 Å². The molecule has 4 rings (SSSR count). The fourth-order valence-corrected chi connectivity index (χ4v) is 5.57. The molecule has 8 nitrogen and oxygen atoms in total. The van der Waals surface area contributed by atoms with Crippen molar-refractivity contribution < 1.29 is 22.6 Å². The van der Waals surface area contributed by atoms with E-state index in [1.807, 2.05) is 0 Å². The molecule has 3 aliphatic rings. The summed E-state index contributed by atoms with van der Waals surface area (Å²) in [4.78, 5) is 10.9. The molecule has 0 spiro atoms. The molecule has 1 atom stereocenters. The molecule has 3 aliphatic heterocycles. The number of rotatable bonds is 2. The lowest BCUT2D eigenvalue weighted by molar-refractivity contribution is 0.0722. The van der Waals surface area contributed by atoms with Crippen LogP contribution in [0, 0.1) is 0 Å². The molecule has 10 heteroatoms. The third-order valence-corrected chi connectivity index (χ3v) is 7.65. The van der Waals surface area contributed by atoms with Gasteiger partial charge in [0, 0.05) is 32.4 Å². The SMILES string of the molecule is CS(=O)(=O)C1(c2nc(Cl)nc3c2OCCC2COCCN32)CCOCC1. The number of halogens is 1. The van der Waals surface area contributed by atoms with Crippen LogP contribution in [0.15, 0.2) is 0 Å². The van der Waals surface area contributed by atoms with E-state index in [9.17, 15) is 8.42 Å². The summed E-state index contributed by atoms with van der Waals surface area (Å²) in [6, 6.07) is 0.132. The highest BCUT2D eigenvalue weighted by Crippen LogP contribution is 2.47. The van der Waals surface area contributed by atoms with Crippen molar-refractivity contribution in [1.29, 1.82) is 0 Å². The lowest BCUT2D eigenvalue weighted by atomic mass is 9.94.